The van der Waals surface area contributed by atoms with Crippen LogP contribution in [-0.4, -0.2) is 37.4 Å². The summed E-state index contributed by atoms with van der Waals surface area (Å²) in [5.41, 5.74) is 1.40. The molecule has 20 heavy (non-hydrogen) atoms. The molecular weight excluding hydrogens is 254 g/mol. The first-order valence-corrected chi connectivity index (χ1v) is 6.85. The Morgan fingerprint density at radius 3 is 3.15 bits per heavy atom. The molecular formula is C16H19NO3. The van der Waals surface area contributed by atoms with Crippen LogP contribution in [0.2, 0.25) is 0 Å². The lowest BCUT2D eigenvalue weighted by Crippen LogP contribution is -2.29. The molecule has 0 saturated carbocycles. The van der Waals surface area contributed by atoms with E-state index in [4.69, 9.17) is 9.84 Å². The molecule has 1 fully saturated rings. The lowest BCUT2D eigenvalue weighted by molar-refractivity contribution is 0.0945. The van der Waals surface area contributed by atoms with Crippen LogP contribution in [0.25, 0.3) is 0 Å². The summed E-state index contributed by atoms with van der Waals surface area (Å²) >= 11 is 0. The summed E-state index contributed by atoms with van der Waals surface area (Å²) in [5.74, 6) is 6.12. The molecule has 1 atom stereocenters. The van der Waals surface area contributed by atoms with Crippen LogP contribution in [0.4, 0.5) is 0 Å². The predicted octanol–water partition coefficient (Wildman–Crippen LogP) is 1.19. The van der Waals surface area contributed by atoms with Gasteiger partial charge in [0.2, 0.25) is 0 Å². The number of amides is 1. The lowest BCUT2D eigenvalue weighted by Gasteiger charge is -2.09. The molecule has 1 aromatic carbocycles. The molecule has 2 N–H and O–H groups in total. The van der Waals surface area contributed by atoms with Gasteiger partial charge in [0.15, 0.2) is 0 Å². The zero-order valence-electron chi connectivity index (χ0n) is 11.4. The summed E-state index contributed by atoms with van der Waals surface area (Å²) < 4.78 is 5.28. The van der Waals surface area contributed by atoms with Crippen molar-refractivity contribution < 1.29 is 14.6 Å². The van der Waals surface area contributed by atoms with E-state index in [1.807, 2.05) is 12.1 Å². The van der Waals surface area contributed by atoms with Gasteiger partial charge in [-0.05, 0) is 24.6 Å². The summed E-state index contributed by atoms with van der Waals surface area (Å²) in [6.45, 7) is 2.22. The fourth-order valence-electron chi connectivity index (χ4n) is 2.04. The zero-order valence-corrected chi connectivity index (χ0v) is 11.4. The molecule has 1 aromatic rings. The Morgan fingerprint density at radius 2 is 2.40 bits per heavy atom. The van der Waals surface area contributed by atoms with Gasteiger partial charge >= 0.3 is 0 Å². The maximum atomic E-state index is 12.0. The largest absolute Gasteiger partial charge is 0.395 e. The van der Waals surface area contributed by atoms with Gasteiger partial charge in [-0.1, -0.05) is 17.9 Å². The van der Waals surface area contributed by atoms with Gasteiger partial charge in [-0.3, -0.25) is 4.79 Å². The Hall–Kier alpha value is -1.83. The van der Waals surface area contributed by atoms with Crippen molar-refractivity contribution in [1.82, 2.24) is 5.32 Å². The minimum atomic E-state index is -0.0808. The highest BCUT2D eigenvalue weighted by Crippen LogP contribution is 2.11. The first-order chi connectivity index (χ1) is 9.79. The molecule has 4 heteroatoms. The van der Waals surface area contributed by atoms with Crippen molar-refractivity contribution in [3.63, 3.8) is 0 Å². The molecule has 0 bridgehead atoms. The summed E-state index contributed by atoms with van der Waals surface area (Å²) in [4.78, 5) is 12.0. The number of carbonyl (C=O) groups excluding carboxylic acids is 1. The number of benzene rings is 1. The minimum Gasteiger partial charge on any atom is -0.395 e. The molecule has 1 saturated heterocycles. The van der Waals surface area contributed by atoms with Gasteiger partial charge in [0, 0.05) is 36.6 Å². The smallest absolute Gasteiger partial charge is 0.251 e. The Labute approximate surface area is 119 Å². The first-order valence-electron chi connectivity index (χ1n) is 6.85. The number of rotatable bonds is 4. The normalized spacial score (nSPS) is 17.4. The van der Waals surface area contributed by atoms with Gasteiger partial charge in [-0.25, -0.2) is 0 Å². The molecule has 1 unspecified atom stereocenters. The summed E-state index contributed by atoms with van der Waals surface area (Å²) in [7, 11) is 0. The van der Waals surface area contributed by atoms with Crippen molar-refractivity contribution in [3.8, 4) is 11.8 Å². The second-order valence-electron chi connectivity index (χ2n) is 4.80. The number of aliphatic hydroxyl groups excluding tert-OH is 1. The lowest BCUT2D eigenvalue weighted by atomic mass is 10.1. The van der Waals surface area contributed by atoms with Gasteiger partial charge in [-0.15, -0.1) is 0 Å². The molecule has 0 radical (unpaired) electrons. The second-order valence-corrected chi connectivity index (χ2v) is 4.80. The van der Waals surface area contributed by atoms with E-state index in [9.17, 15) is 4.79 Å². The van der Waals surface area contributed by atoms with E-state index in [0.29, 0.717) is 24.4 Å². The summed E-state index contributed by atoms with van der Waals surface area (Å²) in [5, 5.41) is 11.6. The third-order valence-electron chi connectivity index (χ3n) is 3.17. The maximum Gasteiger partial charge on any atom is 0.251 e. The van der Waals surface area contributed by atoms with E-state index >= 15 is 0 Å². The third kappa shape index (κ3) is 4.37. The number of carbonyl (C=O) groups is 1. The van der Waals surface area contributed by atoms with E-state index in [1.165, 1.54) is 0 Å². The van der Waals surface area contributed by atoms with E-state index in [-0.39, 0.29) is 12.5 Å². The molecule has 0 aromatic heterocycles. The number of hydrogen-bond acceptors (Lipinski definition) is 3. The van der Waals surface area contributed by atoms with Gasteiger partial charge in [0.25, 0.3) is 5.91 Å². The van der Waals surface area contributed by atoms with Crippen LogP contribution in [0.3, 0.4) is 0 Å². The highest BCUT2D eigenvalue weighted by molar-refractivity contribution is 5.94. The number of hydrogen-bond donors (Lipinski definition) is 2. The highest BCUT2D eigenvalue weighted by atomic mass is 16.5. The average Bonchev–Trinajstić information content (AvgIpc) is 2.99. The Kier molecular flexibility index (Phi) is 5.60. The molecule has 1 aliphatic heterocycles. The second kappa shape index (κ2) is 7.68. The number of ether oxygens (including phenoxy) is 1. The van der Waals surface area contributed by atoms with Crippen molar-refractivity contribution in [2.45, 2.75) is 12.8 Å². The van der Waals surface area contributed by atoms with Gasteiger partial charge in [0.05, 0.1) is 13.2 Å². The van der Waals surface area contributed by atoms with Gasteiger partial charge in [-0.2, -0.15) is 0 Å². The minimum absolute atomic E-state index is 0.0522. The van der Waals surface area contributed by atoms with Crippen molar-refractivity contribution in [2.24, 2.45) is 5.92 Å². The molecule has 4 nitrogen and oxygen atoms in total. The van der Waals surface area contributed by atoms with Gasteiger partial charge < -0.3 is 15.2 Å². The first kappa shape index (κ1) is 14.6. The van der Waals surface area contributed by atoms with Crippen molar-refractivity contribution in [1.29, 1.82) is 0 Å². The van der Waals surface area contributed by atoms with Crippen LogP contribution in [0, 0.1) is 17.8 Å². The summed E-state index contributed by atoms with van der Waals surface area (Å²) in [6.07, 6.45) is 1.45. The molecule has 1 heterocycles. The molecule has 1 amide bonds. The van der Waals surface area contributed by atoms with Crippen molar-refractivity contribution in [2.75, 3.05) is 26.4 Å². The topological polar surface area (TPSA) is 58.6 Å². The predicted molar refractivity (Wildman–Crippen MR) is 76.3 cm³/mol. The van der Waals surface area contributed by atoms with Crippen LogP contribution in [-0.2, 0) is 4.74 Å². The van der Waals surface area contributed by atoms with Crippen molar-refractivity contribution >= 4 is 5.91 Å². The third-order valence-corrected chi connectivity index (χ3v) is 3.17. The van der Waals surface area contributed by atoms with E-state index < -0.39 is 0 Å². The quantitative estimate of drug-likeness (QED) is 0.810. The maximum absolute atomic E-state index is 12.0. The molecule has 1 aliphatic rings. The highest BCUT2D eigenvalue weighted by Gasteiger charge is 2.16. The summed E-state index contributed by atoms with van der Waals surface area (Å²) in [6, 6.07) is 7.21. The number of aliphatic hydroxyl groups is 1. The zero-order chi connectivity index (χ0) is 14.2. The van der Waals surface area contributed by atoms with E-state index in [1.54, 1.807) is 12.1 Å². The SMILES string of the molecule is O=C(NCC1CCOC1)c1cccc(C#CCCO)c1. The molecule has 106 valence electrons. The average molecular weight is 273 g/mol. The van der Waals surface area contributed by atoms with E-state index in [0.717, 1.165) is 25.2 Å². The Morgan fingerprint density at radius 1 is 1.50 bits per heavy atom. The fourth-order valence-corrected chi connectivity index (χ4v) is 2.04. The monoisotopic (exact) mass is 273 g/mol. The molecule has 2 rings (SSSR count). The Balaban J connectivity index is 1.92. The van der Waals surface area contributed by atoms with Crippen LogP contribution in [0.1, 0.15) is 28.8 Å². The van der Waals surface area contributed by atoms with Crippen LogP contribution in [0.5, 0.6) is 0 Å². The van der Waals surface area contributed by atoms with Crippen molar-refractivity contribution in [3.05, 3.63) is 35.4 Å². The molecule has 0 spiro atoms. The van der Waals surface area contributed by atoms with Crippen LogP contribution < -0.4 is 5.32 Å². The van der Waals surface area contributed by atoms with E-state index in [2.05, 4.69) is 17.2 Å². The van der Waals surface area contributed by atoms with Gasteiger partial charge in [0.1, 0.15) is 0 Å². The standard InChI is InChI=1S/C16H19NO3/c18-8-2-1-4-13-5-3-6-15(10-13)16(19)17-11-14-7-9-20-12-14/h3,5-6,10,14,18H,2,7-9,11-12H2,(H,17,19). The Bertz CT molecular complexity index is 510. The molecule has 0 aliphatic carbocycles. The van der Waals surface area contributed by atoms with Crippen LogP contribution in [0.15, 0.2) is 24.3 Å². The number of nitrogens with one attached hydrogen (secondary N) is 1. The fraction of sp³-hybridized carbons (Fsp3) is 0.438. The van der Waals surface area contributed by atoms with Crippen LogP contribution >= 0.6 is 0 Å².